The average molecular weight is 277 g/mol. The molecule has 0 saturated carbocycles. The summed E-state index contributed by atoms with van der Waals surface area (Å²) in [5, 5.41) is 4.10. The van der Waals surface area contributed by atoms with Gasteiger partial charge in [-0.25, -0.2) is 0 Å². The molecule has 3 atom stereocenters. The first kappa shape index (κ1) is 13.5. The Hall–Kier alpha value is -0.510. The van der Waals surface area contributed by atoms with E-state index in [4.69, 9.17) is 4.74 Å². The molecule has 1 aromatic carbocycles. The monoisotopic (exact) mass is 277 g/mol. The molecule has 2 nitrogen and oxygen atoms in total. The third-order valence-corrected chi connectivity index (χ3v) is 6.03. The summed E-state index contributed by atoms with van der Waals surface area (Å²) in [6, 6.07) is 8.85. The van der Waals surface area contributed by atoms with Crippen molar-refractivity contribution in [1.29, 1.82) is 0 Å². The second-order valence-corrected chi connectivity index (χ2v) is 7.25. The second kappa shape index (κ2) is 5.47. The van der Waals surface area contributed by atoms with E-state index >= 15 is 0 Å². The van der Waals surface area contributed by atoms with E-state index in [1.54, 1.807) is 0 Å². The van der Waals surface area contributed by atoms with Gasteiger partial charge in [0.05, 0.1) is 6.10 Å². The Morgan fingerprint density at radius 3 is 2.95 bits per heavy atom. The highest BCUT2D eigenvalue weighted by atomic mass is 32.2. The van der Waals surface area contributed by atoms with Crippen molar-refractivity contribution in [1.82, 2.24) is 5.32 Å². The zero-order valence-corrected chi connectivity index (χ0v) is 12.6. The summed E-state index contributed by atoms with van der Waals surface area (Å²) >= 11 is 2.07. The molecular weight excluding hydrogens is 254 g/mol. The summed E-state index contributed by atoms with van der Waals surface area (Å²) in [7, 11) is 2.06. The lowest BCUT2D eigenvalue weighted by atomic mass is 9.76. The first-order valence-electron chi connectivity index (χ1n) is 7.24. The average Bonchev–Trinajstić information content (AvgIpc) is 2.94. The van der Waals surface area contributed by atoms with Gasteiger partial charge in [-0.15, -0.1) is 11.8 Å². The van der Waals surface area contributed by atoms with E-state index in [0.717, 1.165) is 18.4 Å². The molecule has 2 aliphatic heterocycles. The van der Waals surface area contributed by atoms with Gasteiger partial charge in [0, 0.05) is 28.7 Å². The lowest BCUT2D eigenvalue weighted by Gasteiger charge is -2.34. The first-order valence-corrected chi connectivity index (χ1v) is 8.12. The van der Waals surface area contributed by atoms with Crippen molar-refractivity contribution in [3.63, 3.8) is 0 Å². The zero-order chi connectivity index (χ0) is 13.3. The van der Waals surface area contributed by atoms with Crippen LogP contribution in [0.1, 0.15) is 25.3 Å². The van der Waals surface area contributed by atoms with Crippen molar-refractivity contribution in [2.45, 2.75) is 42.4 Å². The third kappa shape index (κ3) is 2.56. The molecule has 2 aliphatic rings. The van der Waals surface area contributed by atoms with E-state index in [2.05, 4.69) is 55.3 Å². The Balaban J connectivity index is 1.71. The standard InChI is InChI=1S/C16H23NOS/c1-12-16(11-17-2,7-8-18-12)10-14-9-13-5-3-4-6-15(13)19-14/h3-6,12,14,17H,7-11H2,1-2H3. The predicted octanol–water partition coefficient (Wildman–Crippen LogP) is 3.11. The molecule has 1 N–H and O–H groups in total. The van der Waals surface area contributed by atoms with Crippen LogP contribution in [-0.4, -0.2) is 31.6 Å². The molecule has 2 heterocycles. The van der Waals surface area contributed by atoms with Crippen molar-refractivity contribution in [3.05, 3.63) is 29.8 Å². The minimum Gasteiger partial charge on any atom is -0.378 e. The van der Waals surface area contributed by atoms with Gasteiger partial charge in [0.2, 0.25) is 0 Å². The van der Waals surface area contributed by atoms with Crippen LogP contribution < -0.4 is 5.32 Å². The number of nitrogens with one attached hydrogen (secondary N) is 1. The van der Waals surface area contributed by atoms with Crippen LogP contribution in [0, 0.1) is 5.41 Å². The predicted molar refractivity (Wildman–Crippen MR) is 80.8 cm³/mol. The molecule has 104 valence electrons. The van der Waals surface area contributed by atoms with Crippen LogP contribution in [0.5, 0.6) is 0 Å². The molecule has 0 bridgehead atoms. The van der Waals surface area contributed by atoms with E-state index in [-0.39, 0.29) is 0 Å². The minimum atomic E-state index is 0.328. The Morgan fingerprint density at radius 1 is 1.42 bits per heavy atom. The molecule has 0 amide bonds. The lowest BCUT2D eigenvalue weighted by molar-refractivity contribution is 0.0593. The van der Waals surface area contributed by atoms with E-state index < -0.39 is 0 Å². The maximum atomic E-state index is 5.86. The van der Waals surface area contributed by atoms with Gasteiger partial charge >= 0.3 is 0 Å². The van der Waals surface area contributed by atoms with Crippen LogP contribution in [0.2, 0.25) is 0 Å². The van der Waals surface area contributed by atoms with Crippen LogP contribution >= 0.6 is 11.8 Å². The van der Waals surface area contributed by atoms with Crippen molar-refractivity contribution in [2.24, 2.45) is 5.41 Å². The Bertz CT molecular complexity index is 425. The van der Waals surface area contributed by atoms with Gasteiger partial charge in [0.1, 0.15) is 0 Å². The van der Waals surface area contributed by atoms with E-state index in [0.29, 0.717) is 11.5 Å². The normalized spacial score (nSPS) is 33.6. The number of hydrogen-bond donors (Lipinski definition) is 1. The molecule has 1 saturated heterocycles. The number of benzene rings is 1. The SMILES string of the molecule is CNCC1(CC2Cc3ccccc3S2)CCOC1C. The molecule has 0 aromatic heterocycles. The molecule has 1 fully saturated rings. The van der Waals surface area contributed by atoms with Gasteiger partial charge in [0.25, 0.3) is 0 Å². The Labute approximate surface area is 120 Å². The van der Waals surface area contributed by atoms with Gasteiger partial charge in [-0.3, -0.25) is 0 Å². The molecule has 0 radical (unpaired) electrons. The topological polar surface area (TPSA) is 21.3 Å². The number of thioether (sulfide) groups is 1. The molecule has 0 aliphatic carbocycles. The fraction of sp³-hybridized carbons (Fsp3) is 0.625. The number of fused-ring (bicyclic) bond motifs is 1. The van der Waals surface area contributed by atoms with E-state index in [9.17, 15) is 0 Å². The largest absolute Gasteiger partial charge is 0.378 e. The molecule has 19 heavy (non-hydrogen) atoms. The van der Waals surface area contributed by atoms with Crippen molar-refractivity contribution < 1.29 is 4.74 Å². The highest BCUT2D eigenvalue weighted by molar-refractivity contribution is 8.00. The summed E-state index contributed by atoms with van der Waals surface area (Å²) in [4.78, 5) is 1.48. The molecule has 3 heteroatoms. The van der Waals surface area contributed by atoms with Gasteiger partial charge in [0.15, 0.2) is 0 Å². The molecular formula is C16H23NOS. The summed E-state index contributed by atoms with van der Waals surface area (Å²) < 4.78 is 5.86. The molecule has 3 rings (SSSR count). The first-order chi connectivity index (χ1) is 9.23. The van der Waals surface area contributed by atoms with Crippen LogP contribution in [0.4, 0.5) is 0 Å². The van der Waals surface area contributed by atoms with Gasteiger partial charge in [-0.1, -0.05) is 18.2 Å². The summed E-state index contributed by atoms with van der Waals surface area (Å²) in [6.07, 6.45) is 4.06. The summed E-state index contributed by atoms with van der Waals surface area (Å²) in [5.74, 6) is 0. The number of ether oxygens (including phenoxy) is 1. The molecule has 1 aromatic rings. The second-order valence-electron chi connectivity index (χ2n) is 5.91. The molecule has 0 spiro atoms. The van der Waals surface area contributed by atoms with Crippen LogP contribution in [0.15, 0.2) is 29.2 Å². The maximum absolute atomic E-state index is 5.86. The number of hydrogen-bond acceptors (Lipinski definition) is 3. The third-order valence-electron chi connectivity index (χ3n) is 4.71. The van der Waals surface area contributed by atoms with Gasteiger partial charge in [-0.2, -0.15) is 0 Å². The van der Waals surface area contributed by atoms with Crippen LogP contribution in [-0.2, 0) is 11.2 Å². The highest BCUT2D eigenvalue weighted by Gasteiger charge is 2.43. The minimum absolute atomic E-state index is 0.328. The fourth-order valence-corrected chi connectivity index (χ4v) is 5.06. The quantitative estimate of drug-likeness (QED) is 0.914. The van der Waals surface area contributed by atoms with E-state index in [1.165, 1.54) is 29.7 Å². The van der Waals surface area contributed by atoms with E-state index in [1.807, 2.05) is 0 Å². The zero-order valence-electron chi connectivity index (χ0n) is 11.8. The highest BCUT2D eigenvalue weighted by Crippen LogP contribution is 2.46. The van der Waals surface area contributed by atoms with Crippen LogP contribution in [0.3, 0.4) is 0 Å². The summed E-state index contributed by atoms with van der Waals surface area (Å²) in [6.45, 7) is 4.24. The summed E-state index contributed by atoms with van der Waals surface area (Å²) in [5.41, 5.74) is 1.86. The Kier molecular flexibility index (Phi) is 3.88. The lowest BCUT2D eigenvalue weighted by Crippen LogP contribution is -2.40. The van der Waals surface area contributed by atoms with Crippen molar-refractivity contribution in [3.8, 4) is 0 Å². The smallest absolute Gasteiger partial charge is 0.0616 e. The van der Waals surface area contributed by atoms with Gasteiger partial charge in [-0.05, 0) is 44.9 Å². The van der Waals surface area contributed by atoms with Crippen molar-refractivity contribution >= 4 is 11.8 Å². The van der Waals surface area contributed by atoms with Crippen molar-refractivity contribution in [2.75, 3.05) is 20.2 Å². The molecule has 3 unspecified atom stereocenters. The number of rotatable bonds is 4. The van der Waals surface area contributed by atoms with Crippen LogP contribution in [0.25, 0.3) is 0 Å². The maximum Gasteiger partial charge on any atom is 0.0616 e. The van der Waals surface area contributed by atoms with Gasteiger partial charge < -0.3 is 10.1 Å². The fourth-order valence-electron chi connectivity index (χ4n) is 3.56. The Morgan fingerprint density at radius 2 is 2.26 bits per heavy atom.